The number of ether oxygens (including phenoxy) is 2. The molecule has 0 aliphatic heterocycles. The minimum absolute atomic E-state index is 0.0663. The molecular weight excluding hydrogens is 386 g/mol. The van der Waals surface area contributed by atoms with Crippen LogP contribution in [0.4, 0.5) is 0 Å². The van der Waals surface area contributed by atoms with Gasteiger partial charge in [0, 0.05) is 18.8 Å². The molecule has 1 aromatic heterocycles. The van der Waals surface area contributed by atoms with E-state index in [0.29, 0.717) is 28.2 Å². The molecule has 0 unspecified atom stereocenters. The Labute approximate surface area is 174 Å². The molecule has 156 valence electrons. The number of amides is 1. The van der Waals surface area contributed by atoms with Crippen LogP contribution in [0.1, 0.15) is 39.4 Å². The summed E-state index contributed by atoms with van der Waals surface area (Å²) in [6.45, 7) is 1.88. The molecular formula is C22H23N3O5. The molecule has 8 nitrogen and oxygen atoms in total. The van der Waals surface area contributed by atoms with E-state index in [1.165, 1.54) is 11.8 Å². The monoisotopic (exact) mass is 409 g/mol. The summed E-state index contributed by atoms with van der Waals surface area (Å²) in [6.07, 6.45) is 1.61. The Kier molecular flexibility index (Phi) is 6.06. The number of nitrogens with one attached hydrogen (secondary N) is 1. The summed E-state index contributed by atoms with van der Waals surface area (Å²) in [6, 6.07) is 12.1. The number of aryl methyl sites for hydroxylation is 1. The van der Waals surface area contributed by atoms with Crippen LogP contribution < -0.4 is 14.8 Å². The van der Waals surface area contributed by atoms with Crippen molar-refractivity contribution in [1.82, 2.24) is 15.1 Å². The first-order valence-corrected chi connectivity index (χ1v) is 9.24. The highest BCUT2D eigenvalue weighted by Crippen LogP contribution is 2.30. The van der Waals surface area contributed by atoms with E-state index in [-0.39, 0.29) is 17.6 Å². The summed E-state index contributed by atoms with van der Waals surface area (Å²) < 4.78 is 12.1. The van der Waals surface area contributed by atoms with Gasteiger partial charge in [0.1, 0.15) is 11.5 Å². The van der Waals surface area contributed by atoms with Crippen LogP contribution in [0.2, 0.25) is 0 Å². The molecule has 2 N–H and O–H groups in total. The molecule has 0 saturated heterocycles. The SMILES string of the molecule is COc1cccc([C@@H](C)NC(=O)c2ccc(-c3cn(C)nc3C(=O)O)cc2OC)c1. The molecule has 1 heterocycles. The van der Waals surface area contributed by atoms with E-state index in [4.69, 9.17) is 9.47 Å². The third kappa shape index (κ3) is 4.27. The quantitative estimate of drug-likeness (QED) is 0.621. The second kappa shape index (κ2) is 8.69. The van der Waals surface area contributed by atoms with E-state index in [0.717, 1.165) is 5.56 Å². The standard InChI is InChI=1S/C22H23N3O5/c1-13(14-6-5-7-16(10-14)29-3)23-21(26)17-9-8-15(11-19(17)30-4)18-12-25(2)24-20(18)22(27)28/h5-13H,1-4H3,(H,23,26)(H,27,28)/t13-/m1/s1. The summed E-state index contributed by atoms with van der Waals surface area (Å²) in [5.41, 5.74) is 2.22. The number of aromatic carboxylic acids is 1. The Hall–Kier alpha value is -3.81. The van der Waals surface area contributed by atoms with Gasteiger partial charge < -0.3 is 19.9 Å². The van der Waals surface area contributed by atoms with Crippen LogP contribution in [-0.4, -0.2) is 41.0 Å². The van der Waals surface area contributed by atoms with Gasteiger partial charge in [0.25, 0.3) is 5.91 Å². The lowest BCUT2D eigenvalue weighted by atomic mass is 10.0. The number of aromatic nitrogens is 2. The van der Waals surface area contributed by atoms with Crippen LogP contribution in [0.3, 0.4) is 0 Å². The molecule has 8 heteroatoms. The molecule has 1 atom stereocenters. The van der Waals surface area contributed by atoms with Crippen LogP contribution >= 0.6 is 0 Å². The Bertz CT molecular complexity index is 1090. The average molecular weight is 409 g/mol. The Morgan fingerprint density at radius 3 is 2.57 bits per heavy atom. The zero-order chi connectivity index (χ0) is 21.8. The predicted octanol–water partition coefficient (Wildman–Crippen LogP) is 3.29. The van der Waals surface area contributed by atoms with Crippen molar-refractivity contribution >= 4 is 11.9 Å². The number of carbonyl (C=O) groups is 2. The van der Waals surface area contributed by atoms with Gasteiger partial charge in [-0.05, 0) is 42.3 Å². The number of rotatable bonds is 7. The molecule has 0 spiro atoms. The average Bonchev–Trinajstić information content (AvgIpc) is 3.15. The number of carboxylic acid groups (broad SMARTS) is 1. The first-order chi connectivity index (χ1) is 14.3. The van der Waals surface area contributed by atoms with E-state index in [1.54, 1.807) is 38.6 Å². The molecule has 0 saturated carbocycles. The van der Waals surface area contributed by atoms with E-state index in [9.17, 15) is 14.7 Å². The molecule has 0 bridgehead atoms. The van der Waals surface area contributed by atoms with E-state index < -0.39 is 5.97 Å². The third-order valence-corrected chi connectivity index (χ3v) is 4.73. The lowest BCUT2D eigenvalue weighted by Crippen LogP contribution is -2.27. The van der Waals surface area contributed by atoms with Gasteiger partial charge in [-0.3, -0.25) is 9.48 Å². The zero-order valence-corrected chi connectivity index (χ0v) is 17.2. The van der Waals surface area contributed by atoms with Crippen LogP contribution in [0, 0.1) is 0 Å². The Morgan fingerprint density at radius 1 is 1.13 bits per heavy atom. The van der Waals surface area contributed by atoms with Crippen molar-refractivity contribution in [2.75, 3.05) is 14.2 Å². The van der Waals surface area contributed by atoms with E-state index in [1.807, 2.05) is 31.2 Å². The molecule has 30 heavy (non-hydrogen) atoms. The van der Waals surface area contributed by atoms with Crippen molar-refractivity contribution in [1.29, 1.82) is 0 Å². The maximum absolute atomic E-state index is 12.9. The number of benzene rings is 2. The number of hydrogen-bond donors (Lipinski definition) is 2. The molecule has 0 aliphatic rings. The smallest absolute Gasteiger partial charge is 0.357 e. The van der Waals surface area contributed by atoms with Crippen LogP contribution in [0.25, 0.3) is 11.1 Å². The lowest BCUT2D eigenvalue weighted by molar-refractivity contribution is 0.0690. The van der Waals surface area contributed by atoms with Crippen molar-refractivity contribution < 1.29 is 24.2 Å². The van der Waals surface area contributed by atoms with Crippen molar-refractivity contribution in [3.63, 3.8) is 0 Å². The summed E-state index contributed by atoms with van der Waals surface area (Å²) in [5, 5.41) is 16.3. The fourth-order valence-corrected chi connectivity index (χ4v) is 3.17. The molecule has 0 fully saturated rings. The van der Waals surface area contributed by atoms with Gasteiger partial charge >= 0.3 is 5.97 Å². The molecule has 0 aliphatic carbocycles. The fourth-order valence-electron chi connectivity index (χ4n) is 3.17. The van der Waals surface area contributed by atoms with Crippen molar-refractivity contribution in [2.45, 2.75) is 13.0 Å². The number of methoxy groups -OCH3 is 2. The van der Waals surface area contributed by atoms with Crippen molar-refractivity contribution in [2.24, 2.45) is 7.05 Å². The Morgan fingerprint density at radius 2 is 1.90 bits per heavy atom. The maximum atomic E-state index is 12.9. The summed E-state index contributed by atoms with van der Waals surface area (Å²) in [7, 11) is 4.70. The molecule has 0 radical (unpaired) electrons. The zero-order valence-electron chi connectivity index (χ0n) is 17.2. The van der Waals surface area contributed by atoms with Gasteiger partial charge in [-0.15, -0.1) is 0 Å². The third-order valence-electron chi connectivity index (χ3n) is 4.73. The first-order valence-electron chi connectivity index (χ1n) is 9.24. The normalized spacial score (nSPS) is 11.6. The largest absolute Gasteiger partial charge is 0.497 e. The van der Waals surface area contributed by atoms with E-state index in [2.05, 4.69) is 10.4 Å². The molecule has 3 aromatic rings. The van der Waals surface area contributed by atoms with Gasteiger partial charge in [-0.25, -0.2) is 4.79 Å². The summed E-state index contributed by atoms with van der Waals surface area (Å²) in [4.78, 5) is 24.3. The van der Waals surface area contributed by atoms with Gasteiger partial charge in [0.2, 0.25) is 0 Å². The van der Waals surface area contributed by atoms with Gasteiger partial charge in [0.05, 0.1) is 25.8 Å². The topological polar surface area (TPSA) is 103 Å². The number of carboxylic acids is 1. The number of nitrogens with zero attached hydrogens (tertiary/aromatic N) is 2. The van der Waals surface area contributed by atoms with Gasteiger partial charge in [-0.1, -0.05) is 18.2 Å². The predicted molar refractivity (Wildman–Crippen MR) is 111 cm³/mol. The maximum Gasteiger partial charge on any atom is 0.357 e. The first kappa shape index (κ1) is 20.9. The lowest BCUT2D eigenvalue weighted by Gasteiger charge is -2.17. The second-order valence-electron chi connectivity index (χ2n) is 6.76. The van der Waals surface area contributed by atoms with Crippen molar-refractivity contribution in [3.8, 4) is 22.6 Å². The summed E-state index contributed by atoms with van der Waals surface area (Å²) in [5.74, 6) is -0.388. The fraction of sp³-hybridized carbons (Fsp3) is 0.227. The molecule has 2 aromatic carbocycles. The minimum Gasteiger partial charge on any atom is -0.497 e. The summed E-state index contributed by atoms with van der Waals surface area (Å²) >= 11 is 0. The van der Waals surface area contributed by atoms with Crippen LogP contribution in [-0.2, 0) is 7.05 Å². The van der Waals surface area contributed by atoms with Crippen molar-refractivity contribution in [3.05, 3.63) is 65.5 Å². The molecule has 3 rings (SSSR count). The molecule has 1 amide bonds. The Balaban J connectivity index is 1.87. The highest BCUT2D eigenvalue weighted by Gasteiger charge is 2.20. The van der Waals surface area contributed by atoms with E-state index >= 15 is 0 Å². The van der Waals surface area contributed by atoms with Gasteiger partial charge in [0.15, 0.2) is 5.69 Å². The van der Waals surface area contributed by atoms with Crippen LogP contribution in [0.5, 0.6) is 11.5 Å². The minimum atomic E-state index is -1.13. The second-order valence-corrected chi connectivity index (χ2v) is 6.76. The number of hydrogen-bond acceptors (Lipinski definition) is 5. The van der Waals surface area contributed by atoms with Gasteiger partial charge in [-0.2, -0.15) is 5.10 Å². The number of carbonyl (C=O) groups excluding carboxylic acids is 1. The van der Waals surface area contributed by atoms with Crippen LogP contribution in [0.15, 0.2) is 48.7 Å². The highest BCUT2D eigenvalue weighted by atomic mass is 16.5. The highest BCUT2D eigenvalue weighted by molar-refractivity contribution is 5.99.